The lowest BCUT2D eigenvalue weighted by Gasteiger charge is -2.25. The highest BCUT2D eigenvalue weighted by Gasteiger charge is 2.26. The Morgan fingerprint density at radius 3 is 2.75 bits per heavy atom. The molecule has 1 saturated heterocycles. The molecule has 1 fully saturated rings. The van der Waals surface area contributed by atoms with Crippen LogP contribution in [0.25, 0.3) is 0 Å². The van der Waals surface area contributed by atoms with Crippen LogP contribution < -0.4 is 5.73 Å². The third-order valence-corrected chi connectivity index (χ3v) is 2.53. The highest BCUT2D eigenvalue weighted by Crippen LogP contribution is 2.29. The number of nitrogens with zero attached hydrogens (tertiary/aromatic N) is 1. The van der Waals surface area contributed by atoms with E-state index < -0.39 is 23.7 Å². The summed E-state index contributed by atoms with van der Waals surface area (Å²) in [5.41, 5.74) is 5.49. The largest absolute Gasteiger partial charge is 0.381 e. The summed E-state index contributed by atoms with van der Waals surface area (Å²) in [5, 5.41) is 0. The van der Waals surface area contributed by atoms with Crippen LogP contribution >= 0.6 is 0 Å². The van der Waals surface area contributed by atoms with E-state index in [0.29, 0.717) is 13.2 Å². The van der Waals surface area contributed by atoms with Crippen LogP contribution in [0.15, 0.2) is 0 Å². The highest BCUT2D eigenvalue weighted by molar-refractivity contribution is 5.41. The highest BCUT2D eigenvalue weighted by atomic mass is 19.1. The maximum absolute atomic E-state index is 13.7. The first-order chi connectivity index (χ1) is 7.61. The Kier molecular flexibility index (Phi) is 3.02. The van der Waals surface area contributed by atoms with Gasteiger partial charge in [0.2, 0.25) is 5.95 Å². The van der Waals surface area contributed by atoms with Gasteiger partial charge in [0.1, 0.15) is 6.10 Å². The van der Waals surface area contributed by atoms with E-state index in [1.54, 1.807) is 0 Å². The van der Waals surface area contributed by atoms with Crippen molar-refractivity contribution in [2.45, 2.75) is 13.0 Å². The zero-order valence-corrected chi connectivity index (χ0v) is 8.80. The Morgan fingerprint density at radius 2 is 2.12 bits per heavy atom. The Labute approximate surface area is 91.4 Å². The SMILES string of the molecule is Cc1c(F)nc(N)c(F)c1C1COCCO1. The monoisotopic (exact) mass is 230 g/mol. The van der Waals surface area contributed by atoms with Gasteiger partial charge in [0.15, 0.2) is 11.6 Å². The van der Waals surface area contributed by atoms with Gasteiger partial charge >= 0.3 is 0 Å². The van der Waals surface area contributed by atoms with E-state index in [0.717, 1.165) is 0 Å². The van der Waals surface area contributed by atoms with E-state index in [1.807, 2.05) is 0 Å². The van der Waals surface area contributed by atoms with Crippen molar-refractivity contribution in [3.63, 3.8) is 0 Å². The third kappa shape index (κ3) is 1.85. The van der Waals surface area contributed by atoms with E-state index >= 15 is 0 Å². The van der Waals surface area contributed by atoms with Crippen molar-refractivity contribution < 1.29 is 18.3 Å². The van der Waals surface area contributed by atoms with E-state index in [9.17, 15) is 8.78 Å². The fraction of sp³-hybridized carbons (Fsp3) is 0.500. The summed E-state index contributed by atoms with van der Waals surface area (Å²) in [6, 6.07) is 0. The van der Waals surface area contributed by atoms with Crippen molar-refractivity contribution in [2.24, 2.45) is 0 Å². The van der Waals surface area contributed by atoms with Gasteiger partial charge in [0.05, 0.1) is 19.8 Å². The molecule has 1 atom stereocenters. The maximum Gasteiger partial charge on any atom is 0.218 e. The van der Waals surface area contributed by atoms with Gasteiger partial charge in [0.25, 0.3) is 0 Å². The summed E-state index contributed by atoms with van der Waals surface area (Å²) in [5.74, 6) is -1.95. The number of nitrogen functional groups attached to an aromatic ring is 1. The normalized spacial score (nSPS) is 21.1. The molecule has 2 heterocycles. The molecule has 0 radical (unpaired) electrons. The molecule has 2 rings (SSSR count). The number of halogens is 2. The summed E-state index contributed by atoms with van der Waals surface area (Å²) in [7, 11) is 0. The Bertz CT molecular complexity index is 380. The van der Waals surface area contributed by atoms with Gasteiger partial charge in [-0.1, -0.05) is 0 Å². The number of hydrogen-bond donors (Lipinski definition) is 1. The van der Waals surface area contributed by atoms with Crippen molar-refractivity contribution in [1.82, 2.24) is 4.98 Å². The summed E-state index contributed by atoms with van der Waals surface area (Å²) < 4.78 is 37.5. The fourth-order valence-corrected chi connectivity index (χ4v) is 1.69. The number of rotatable bonds is 1. The summed E-state index contributed by atoms with van der Waals surface area (Å²) in [6.07, 6.45) is -0.617. The van der Waals surface area contributed by atoms with Gasteiger partial charge in [-0.3, -0.25) is 0 Å². The van der Waals surface area contributed by atoms with E-state index in [1.165, 1.54) is 6.92 Å². The van der Waals surface area contributed by atoms with Crippen LogP contribution in [0.5, 0.6) is 0 Å². The molecule has 0 bridgehead atoms. The lowest BCUT2D eigenvalue weighted by Crippen LogP contribution is -2.24. The smallest absolute Gasteiger partial charge is 0.218 e. The minimum atomic E-state index is -0.775. The first-order valence-electron chi connectivity index (χ1n) is 4.91. The van der Waals surface area contributed by atoms with E-state index in [4.69, 9.17) is 15.2 Å². The van der Waals surface area contributed by atoms with E-state index in [-0.39, 0.29) is 17.7 Å². The molecular formula is C10H12F2N2O2. The average molecular weight is 230 g/mol. The zero-order valence-electron chi connectivity index (χ0n) is 8.80. The van der Waals surface area contributed by atoms with Crippen molar-refractivity contribution in [3.8, 4) is 0 Å². The molecule has 4 nitrogen and oxygen atoms in total. The number of nitrogens with two attached hydrogens (primary N) is 1. The van der Waals surface area contributed by atoms with Gasteiger partial charge in [-0.05, 0) is 6.92 Å². The Balaban J connectivity index is 2.45. The van der Waals surface area contributed by atoms with Crippen LogP contribution in [0.2, 0.25) is 0 Å². The lowest BCUT2D eigenvalue weighted by molar-refractivity contribution is -0.0916. The standard InChI is InChI=1S/C10H12F2N2O2/c1-5-7(6-4-15-2-3-16-6)8(11)10(13)14-9(5)12/h6H,2-4H2,1H3,(H2,13,14). The second-order valence-corrected chi connectivity index (χ2v) is 3.57. The molecule has 1 aromatic rings. The third-order valence-electron chi connectivity index (χ3n) is 2.53. The van der Waals surface area contributed by atoms with E-state index in [2.05, 4.69) is 4.98 Å². The maximum atomic E-state index is 13.7. The number of pyridine rings is 1. The van der Waals surface area contributed by atoms with Gasteiger partial charge in [0, 0.05) is 11.1 Å². The van der Waals surface area contributed by atoms with Crippen LogP contribution in [-0.4, -0.2) is 24.8 Å². The fourth-order valence-electron chi connectivity index (χ4n) is 1.69. The molecule has 0 amide bonds. The topological polar surface area (TPSA) is 57.4 Å². The Morgan fingerprint density at radius 1 is 1.38 bits per heavy atom. The second-order valence-electron chi connectivity index (χ2n) is 3.57. The summed E-state index contributed by atoms with van der Waals surface area (Å²) in [6.45, 7) is 2.45. The number of aromatic nitrogens is 1. The summed E-state index contributed by atoms with van der Waals surface area (Å²) in [4.78, 5) is 3.27. The molecule has 0 spiro atoms. The zero-order chi connectivity index (χ0) is 11.7. The molecule has 88 valence electrons. The van der Waals surface area contributed by atoms with Gasteiger partial charge in [-0.2, -0.15) is 9.37 Å². The van der Waals surface area contributed by atoms with Gasteiger partial charge < -0.3 is 15.2 Å². The van der Waals surface area contributed by atoms with Gasteiger partial charge in [-0.15, -0.1) is 0 Å². The predicted octanol–water partition coefficient (Wildman–Crippen LogP) is 1.34. The second kappa shape index (κ2) is 4.31. The van der Waals surface area contributed by atoms with Crippen LogP contribution in [-0.2, 0) is 9.47 Å². The summed E-state index contributed by atoms with van der Waals surface area (Å²) >= 11 is 0. The van der Waals surface area contributed by atoms with Crippen molar-refractivity contribution in [2.75, 3.05) is 25.6 Å². The molecule has 1 aliphatic heterocycles. The molecule has 6 heteroatoms. The average Bonchev–Trinajstić information content (AvgIpc) is 2.28. The van der Waals surface area contributed by atoms with Crippen LogP contribution in [0.1, 0.15) is 17.2 Å². The van der Waals surface area contributed by atoms with Crippen LogP contribution in [0, 0.1) is 18.7 Å². The predicted molar refractivity (Wildman–Crippen MR) is 52.8 cm³/mol. The molecule has 0 saturated carbocycles. The van der Waals surface area contributed by atoms with Crippen molar-refractivity contribution in [3.05, 3.63) is 22.9 Å². The molecule has 1 aliphatic rings. The first-order valence-corrected chi connectivity index (χ1v) is 4.91. The Hall–Kier alpha value is -1.27. The van der Waals surface area contributed by atoms with Crippen LogP contribution in [0.3, 0.4) is 0 Å². The van der Waals surface area contributed by atoms with Crippen molar-refractivity contribution >= 4 is 5.82 Å². The van der Waals surface area contributed by atoms with Crippen LogP contribution in [0.4, 0.5) is 14.6 Å². The minimum absolute atomic E-state index is 0.102. The minimum Gasteiger partial charge on any atom is -0.381 e. The number of hydrogen-bond acceptors (Lipinski definition) is 4. The molecular weight excluding hydrogens is 218 g/mol. The molecule has 0 aromatic carbocycles. The molecule has 1 aromatic heterocycles. The molecule has 16 heavy (non-hydrogen) atoms. The van der Waals surface area contributed by atoms with Crippen molar-refractivity contribution in [1.29, 1.82) is 0 Å². The van der Waals surface area contributed by atoms with Gasteiger partial charge in [-0.25, -0.2) is 4.39 Å². The molecule has 2 N–H and O–H groups in total. The number of anilines is 1. The molecule has 1 unspecified atom stereocenters. The lowest BCUT2D eigenvalue weighted by atomic mass is 10.0. The number of ether oxygens (including phenoxy) is 2. The molecule has 0 aliphatic carbocycles. The quantitative estimate of drug-likeness (QED) is 0.739. The first kappa shape index (κ1) is 11.2.